The molecule has 2 aliphatic heterocycles. The van der Waals surface area contributed by atoms with Gasteiger partial charge in [-0.1, -0.05) is 0 Å². The lowest BCUT2D eigenvalue weighted by molar-refractivity contribution is -0.295. The van der Waals surface area contributed by atoms with E-state index in [2.05, 4.69) is 15.5 Å². The number of hydrogen-bond donors (Lipinski definition) is 7. The summed E-state index contributed by atoms with van der Waals surface area (Å²) in [6, 6.07) is -1.32. The van der Waals surface area contributed by atoms with E-state index in [9.17, 15) is 30.0 Å². The van der Waals surface area contributed by atoms with Gasteiger partial charge in [-0.2, -0.15) is 10.2 Å². The van der Waals surface area contributed by atoms with Crippen LogP contribution in [0.4, 0.5) is 0 Å². The molecule has 0 unspecified atom stereocenters. The molecule has 1 amide bonds. The van der Waals surface area contributed by atoms with Crippen molar-refractivity contribution in [3.05, 3.63) is 0 Å². The van der Waals surface area contributed by atoms with Gasteiger partial charge < -0.3 is 40.7 Å². The van der Waals surface area contributed by atoms with Crippen molar-refractivity contribution in [1.29, 1.82) is 0 Å². The molecule has 26 heavy (non-hydrogen) atoms. The normalized spacial score (nSPS) is 34.8. The molecule has 2 rings (SSSR count). The topological polar surface area (TPSA) is 202 Å². The monoisotopic (exact) mass is 377 g/mol. The molecule has 0 aromatic heterocycles. The number of aliphatic hydroxyl groups excluding tert-OH is 4. The Labute approximate surface area is 148 Å². The van der Waals surface area contributed by atoms with Crippen LogP contribution in [-0.2, 0) is 14.3 Å². The molecule has 12 nitrogen and oxygen atoms in total. The maximum absolute atomic E-state index is 12.1. The van der Waals surface area contributed by atoms with Crippen LogP contribution in [0.25, 0.3) is 0 Å². The van der Waals surface area contributed by atoms with E-state index < -0.39 is 66.8 Å². The molecule has 12 heteroatoms. The molecule has 7 N–H and O–H groups in total. The van der Waals surface area contributed by atoms with Gasteiger partial charge in [-0.25, -0.2) is 4.79 Å². The summed E-state index contributed by atoms with van der Waals surface area (Å²) in [7, 11) is 0. The molecular weight excluding hydrogens is 354 g/mol. The fraction of sp³-hybridized carbons (Fsp3) is 0.857. The zero-order valence-electron chi connectivity index (χ0n) is 14.0. The Hall–Kier alpha value is -1.70. The Kier molecular flexibility index (Phi) is 5.95. The summed E-state index contributed by atoms with van der Waals surface area (Å²) in [5.41, 5.74) is -0.616. The molecule has 0 aromatic carbocycles. The van der Waals surface area contributed by atoms with E-state index in [1.54, 1.807) is 6.92 Å². The smallest absolute Gasteiger partial charge is 0.364 e. The summed E-state index contributed by atoms with van der Waals surface area (Å²) in [5, 5.41) is 67.9. The zero-order valence-corrected chi connectivity index (χ0v) is 14.0. The molecule has 0 saturated carbocycles. The second kappa shape index (κ2) is 7.50. The van der Waals surface area contributed by atoms with Gasteiger partial charge in [0.25, 0.3) is 5.79 Å². The van der Waals surface area contributed by atoms with Crippen molar-refractivity contribution in [2.75, 3.05) is 6.61 Å². The highest BCUT2D eigenvalue weighted by Crippen LogP contribution is 2.33. The van der Waals surface area contributed by atoms with Crippen molar-refractivity contribution in [3.8, 4) is 0 Å². The summed E-state index contributed by atoms with van der Waals surface area (Å²) in [6.45, 7) is 0.834. The number of amides is 1. The molecule has 0 aliphatic carbocycles. The highest BCUT2D eigenvalue weighted by molar-refractivity contribution is 5.77. The van der Waals surface area contributed by atoms with Crippen molar-refractivity contribution < 1.29 is 45.0 Å². The molecule has 1 fully saturated rings. The van der Waals surface area contributed by atoms with Crippen LogP contribution in [0.5, 0.6) is 0 Å². The van der Waals surface area contributed by atoms with E-state index in [1.807, 2.05) is 0 Å². The van der Waals surface area contributed by atoms with E-state index in [0.29, 0.717) is 6.42 Å². The summed E-state index contributed by atoms with van der Waals surface area (Å²) in [6.07, 6.45) is -7.37. The van der Waals surface area contributed by atoms with Crippen molar-refractivity contribution in [3.63, 3.8) is 0 Å². The highest BCUT2D eigenvalue weighted by Gasteiger charge is 2.54. The van der Waals surface area contributed by atoms with Gasteiger partial charge in [0, 0.05) is 19.3 Å². The Balaban J connectivity index is 2.11. The number of ether oxygens (including phenoxy) is 1. The molecule has 2 heterocycles. The van der Waals surface area contributed by atoms with E-state index in [1.165, 1.54) is 0 Å². The quantitative estimate of drug-likeness (QED) is 0.231. The number of nitrogens with one attached hydrogen (secondary N) is 1. The SMILES string of the molecule is CC1(CCC(=O)N[C@H]2[C@H]([C@H](O)[C@H](O)CO)O[C@@](O)(C(=O)O)C[C@@H]2O)N=N1. The van der Waals surface area contributed by atoms with Gasteiger partial charge in [-0.05, 0) is 6.92 Å². The third kappa shape index (κ3) is 4.52. The molecule has 1 saturated heterocycles. The van der Waals surface area contributed by atoms with Crippen LogP contribution in [-0.4, -0.2) is 91.0 Å². The summed E-state index contributed by atoms with van der Waals surface area (Å²) >= 11 is 0. The first-order valence-electron chi connectivity index (χ1n) is 8.03. The Morgan fingerprint density at radius 3 is 2.46 bits per heavy atom. The number of carbonyl (C=O) groups is 2. The van der Waals surface area contributed by atoms with Crippen LogP contribution in [0, 0.1) is 0 Å². The predicted molar refractivity (Wildman–Crippen MR) is 81.6 cm³/mol. The summed E-state index contributed by atoms with van der Waals surface area (Å²) in [4.78, 5) is 23.3. The molecule has 0 spiro atoms. The molecule has 2 aliphatic rings. The fourth-order valence-electron chi connectivity index (χ4n) is 2.69. The van der Waals surface area contributed by atoms with Gasteiger partial charge >= 0.3 is 5.97 Å². The largest absolute Gasteiger partial charge is 0.477 e. The van der Waals surface area contributed by atoms with E-state index in [0.717, 1.165) is 0 Å². The molecule has 6 atom stereocenters. The maximum Gasteiger partial charge on any atom is 0.364 e. The van der Waals surface area contributed by atoms with Gasteiger partial charge in [0.05, 0.1) is 18.8 Å². The molecular formula is C14H23N3O9. The maximum atomic E-state index is 12.1. The minimum Gasteiger partial charge on any atom is -0.477 e. The third-order valence-corrected chi connectivity index (χ3v) is 4.43. The van der Waals surface area contributed by atoms with Crippen molar-refractivity contribution in [2.45, 2.75) is 68.1 Å². The van der Waals surface area contributed by atoms with Crippen LogP contribution >= 0.6 is 0 Å². The Morgan fingerprint density at radius 1 is 1.35 bits per heavy atom. The van der Waals surface area contributed by atoms with E-state index in [-0.39, 0.29) is 6.42 Å². The first kappa shape index (κ1) is 20.6. The second-order valence-electron chi connectivity index (χ2n) is 6.69. The van der Waals surface area contributed by atoms with Crippen molar-refractivity contribution >= 4 is 11.9 Å². The molecule has 0 aromatic rings. The van der Waals surface area contributed by atoms with Gasteiger partial charge in [0.2, 0.25) is 5.91 Å². The van der Waals surface area contributed by atoms with Gasteiger partial charge in [-0.3, -0.25) is 4.79 Å². The first-order chi connectivity index (χ1) is 12.0. The zero-order chi connectivity index (χ0) is 19.7. The van der Waals surface area contributed by atoms with E-state index >= 15 is 0 Å². The third-order valence-electron chi connectivity index (χ3n) is 4.43. The van der Waals surface area contributed by atoms with Crippen LogP contribution in [0.15, 0.2) is 10.2 Å². The minimum absolute atomic E-state index is 0.0126. The first-order valence-corrected chi connectivity index (χ1v) is 8.03. The van der Waals surface area contributed by atoms with Crippen LogP contribution in [0.1, 0.15) is 26.2 Å². The number of aliphatic hydroxyl groups is 5. The lowest BCUT2D eigenvalue weighted by atomic mass is 9.88. The number of nitrogens with zero attached hydrogens (tertiary/aromatic N) is 2. The van der Waals surface area contributed by atoms with Crippen LogP contribution < -0.4 is 5.32 Å². The number of aliphatic carboxylic acids is 1. The number of carboxylic acids is 1. The average Bonchev–Trinajstić information content (AvgIpc) is 3.31. The van der Waals surface area contributed by atoms with E-state index in [4.69, 9.17) is 14.9 Å². The lowest BCUT2D eigenvalue weighted by Crippen LogP contribution is -2.67. The van der Waals surface area contributed by atoms with Gasteiger partial charge in [-0.15, -0.1) is 0 Å². The highest BCUT2D eigenvalue weighted by atomic mass is 16.7. The van der Waals surface area contributed by atoms with Crippen LogP contribution in [0.2, 0.25) is 0 Å². The Morgan fingerprint density at radius 2 is 1.96 bits per heavy atom. The second-order valence-corrected chi connectivity index (χ2v) is 6.69. The Bertz CT molecular complexity index is 580. The standard InChI is InChI=1S/C14H23N3O9/c1-13(16-17-13)3-2-8(21)15-9-6(19)4-14(25,12(23)24)26-11(9)10(22)7(20)5-18/h6-7,9-11,18-20,22,25H,2-5H2,1H3,(H,15,21)(H,23,24)/t6-,7+,9+,10+,11+,14+/m0/s1. The van der Waals surface area contributed by atoms with Crippen LogP contribution in [0.3, 0.4) is 0 Å². The average molecular weight is 377 g/mol. The summed E-state index contributed by atoms with van der Waals surface area (Å²) in [5.74, 6) is -5.17. The van der Waals surface area contributed by atoms with Gasteiger partial charge in [0.1, 0.15) is 18.3 Å². The van der Waals surface area contributed by atoms with Crippen molar-refractivity contribution in [2.24, 2.45) is 10.2 Å². The number of hydrogen-bond acceptors (Lipinski definition) is 10. The molecule has 148 valence electrons. The fourth-order valence-corrected chi connectivity index (χ4v) is 2.69. The molecule has 0 bridgehead atoms. The number of carboxylic acid groups (broad SMARTS) is 1. The minimum atomic E-state index is -2.82. The van der Waals surface area contributed by atoms with Gasteiger partial charge in [0.15, 0.2) is 5.66 Å². The van der Waals surface area contributed by atoms with Crippen molar-refractivity contribution in [1.82, 2.24) is 5.32 Å². The predicted octanol–water partition coefficient (Wildman–Crippen LogP) is -2.93. The molecule has 0 radical (unpaired) electrons. The number of carbonyl (C=O) groups excluding carboxylic acids is 1. The number of rotatable bonds is 8. The summed E-state index contributed by atoms with van der Waals surface area (Å²) < 4.78 is 4.98. The lowest BCUT2D eigenvalue weighted by Gasteiger charge is -2.44.